The SMILES string of the molecule is CCNC(=NCc1ccccc1[N+](=O)[O-])NCCc1ccc(Cl)cc1.I. The first kappa shape index (κ1) is 22.2. The van der Waals surface area contributed by atoms with Crippen LogP contribution in [0.1, 0.15) is 18.1 Å². The molecule has 2 aromatic rings. The zero-order valence-corrected chi connectivity index (χ0v) is 17.5. The van der Waals surface area contributed by atoms with Crippen LogP contribution in [0.15, 0.2) is 53.5 Å². The Morgan fingerprint density at radius 3 is 2.50 bits per heavy atom. The van der Waals surface area contributed by atoms with Crippen molar-refractivity contribution in [1.29, 1.82) is 0 Å². The highest BCUT2D eigenvalue weighted by Crippen LogP contribution is 2.18. The molecule has 0 bridgehead atoms. The van der Waals surface area contributed by atoms with E-state index in [0.29, 0.717) is 24.6 Å². The Kier molecular flexibility index (Phi) is 9.97. The molecule has 0 spiro atoms. The van der Waals surface area contributed by atoms with Gasteiger partial charge in [0.25, 0.3) is 5.69 Å². The van der Waals surface area contributed by atoms with Crippen LogP contribution in [0, 0.1) is 10.1 Å². The number of para-hydroxylation sites is 1. The number of hydrogen-bond acceptors (Lipinski definition) is 3. The van der Waals surface area contributed by atoms with Crippen LogP contribution in [-0.2, 0) is 13.0 Å². The van der Waals surface area contributed by atoms with Gasteiger partial charge in [0.15, 0.2) is 5.96 Å². The second kappa shape index (κ2) is 11.7. The Balaban J connectivity index is 0.00000338. The van der Waals surface area contributed by atoms with E-state index in [9.17, 15) is 10.1 Å². The molecule has 8 heteroatoms. The third-order valence-corrected chi connectivity index (χ3v) is 3.81. The average molecular weight is 489 g/mol. The fourth-order valence-corrected chi connectivity index (χ4v) is 2.43. The van der Waals surface area contributed by atoms with Crippen molar-refractivity contribution < 1.29 is 4.92 Å². The molecule has 2 N–H and O–H groups in total. The summed E-state index contributed by atoms with van der Waals surface area (Å²) in [7, 11) is 0. The van der Waals surface area contributed by atoms with Gasteiger partial charge in [0.1, 0.15) is 0 Å². The summed E-state index contributed by atoms with van der Waals surface area (Å²) in [5, 5.41) is 18.2. The monoisotopic (exact) mass is 488 g/mol. The molecule has 26 heavy (non-hydrogen) atoms. The molecule has 2 aromatic carbocycles. The third-order valence-electron chi connectivity index (χ3n) is 3.56. The summed E-state index contributed by atoms with van der Waals surface area (Å²) >= 11 is 5.88. The minimum absolute atomic E-state index is 0. The number of rotatable bonds is 7. The Hall–Kier alpha value is -1.87. The molecule has 6 nitrogen and oxygen atoms in total. The topological polar surface area (TPSA) is 79.6 Å². The maximum absolute atomic E-state index is 11.1. The molecular formula is C18H22ClIN4O2. The largest absolute Gasteiger partial charge is 0.357 e. The van der Waals surface area contributed by atoms with Crippen LogP contribution in [0.3, 0.4) is 0 Å². The van der Waals surface area contributed by atoms with E-state index in [2.05, 4.69) is 15.6 Å². The Labute approximate surface area is 175 Å². The zero-order chi connectivity index (χ0) is 18.1. The minimum Gasteiger partial charge on any atom is -0.357 e. The highest BCUT2D eigenvalue weighted by atomic mass is 127. The summed E-state index contributed by atoms with van der Waals surface area (Å²) in [5.41, 5.74) is 1.84. The number of halogens is 2. The molecule has 0 atom stereocenters. The normalized spacial score (nSPS) is 10.8. The fraction of sp³-hybridized carbons (Fsp3) is 0.278. The molecule has 2 rings (SSSR count). The van der Waals surface area contributed by atoms with E-state index in [0.717, 1.165) is 11.4 Å². The molecule has 0 heterocycles. The van der Waals surface area contributed by atoms with Crippen molar-refractivity contribution in [3.63, 3.8) is 0 Å². The molecule has 0 saturated carbocycles. The molecule has 0 aliphatic carbocycles. The van der Waals surface area contributed by atoms with Gasteiger partial charge in [0.2, 0.25) is 0 Å². The summed E-state index contributed by atoms with van der Waals surface area (Å²) in [4.78, 5) is 15.1. The van der Waals surface area contributed by atoms with Gasteiger partial charge in [-0.05, 0) is 31.0 Å². The van der Waals surface area contributed by atoms with Gasteiger partial charge >= 0.3 is 0 Å². The second-order valence-electron chi connectivity index (χ2n) is 5.38. The van der Waals surface area contributed by atoms with Gasteiger partial charge in [0, 0.05) is 24.2 Å². The Morgan fingerprint density at radius 2 is 1.85 bits per heavy atom. The Bertz CT molecular complexity index is 738. The van der Waals surface area contributed by atoms with Crippen LogP contribution < -0.4 is 10.6 Å². The lowest BCUT2D eigenvalue weighted by molar-refractivity contribution is -0.385. The van der Waals surface area contributed by atoms with Gasteiger partial charge in [-0.1, -0.05) is 41.9 Å². The number of nitro groups is 1. The lowest BCUT2D eigenvalue weighted by Gasteiger charge is -2.11. The molecule has 0 aliphatic heterocycles. The van der Waals surface area contributed by atoms with Crippen molar-refractivity contribution in [2.45, 2.75) is 19.9 Å². The van der Waals surface area contributed by atoms with Crippen molar-refractivity contribution in [2.24, 2.45) is 4.99 Å². The maximum Gasteiger partial charge on any atom is 0.274 e. The van der Waals surface area contributed by atoms with Gasteiger partial charge in [-0.3, -0.25) is 10.1 Å². The van der Waals surface area contributed by atoms with E-state index in [1.54, 1.807) is 18.2 Å². The lowest BCUT2D eigenvalue weighted by atomic mass is 10.1. The minimum atomic E-state index is -0.383. The lowest BCUT2D eigenvalue weighted by Crippen LogP contribution is -2.38. The molecular weight excluding hydrogens is 467 g/mol. The van der Waals surface area contributed by atoms with Gasteiger partial charge in [-0.15, -0.1) is 24.0 Å². The summed E-state index contributed by atoms with van der Waals surface area (Å²) in [6.45, 7) is 3.63. The van der Waals surface area contributed by atoms with E-state index in [4.69, 9.17) is 11.6 Å². The van der Waals surface area contributed by atoms with E-state index in [1.165, 1.54) is 11.6 Å². The number of guanidine groups is 1. The second-order valence-corrected chi connectivity index (χ2v) is 5.82. The highest BCUT2D eigenvalue weighted by molar-refractivity contribution is 14.0. The van der Waals surface area contributed by atoms with E-state index < -0.39 is 0 Å². The summed E-state index contributed by atoms with van der Waals surface area (Å²) in [6, 6.07) is 14.3. The predicted molar refractivity (Wildman–Crippen MR) is 116 cm³/mol. The molecule has 0 aliphatic rings. The smallest absolute Gasteiger partial charge is 0.274 e. The molecule has 0 fully saturated rings. The van der Waals surface area contributed by atoms with Crippen molar-refractivity contribution >= 4 is 47.2 Å². The van der Waals surface area contributed by atoms with Crippen LogP contribution in [0.4, 0.5) is 5.69 Å². The standard InChI is InChI=1S/C18H21ClN4O2.HI/c1-2-20-18(21-12-11-14-7-9-16(19)10-8-14)22-13-15-5-3-4-6-17(15)23(24)25;/h3-10H,2,11-13H2,1H3,(H2,20,21,22);1H. The van der Waals surface area contributed by atoms with Crippen LogP contribution in [0.25, 0.3) is 0 Å². The number of benzene rings is 2. The van der Waals surface area contributed by atoms with Gasteiger partial charge < -0.3 is 10.6 Å². The van der Waals surface area contributed by atoms with E-state index in [-0.39, 0.29) is 41.1 Å². The number of nitrogens with one attached hydrogen (secondary N) is 2. The molecule has 140 valence electrons. The van der Waals surface area contributed by atoms with Crippen LogP contribution in [0.2, 0.25) is 5.02 Å². The number of hydrogen-bond donors (Lipinski definition) is 2. The van der Waals surface area contributed by atoms with Crippen LogP contribution in [-0.4, -0.2) is 24.0 Å². The first-order valence-corrected chi connectivity index (χ1v) is 8.47. The fourth-order valence-electron chi connectivity index (χ4n) is 2.30. The zero-order valence-electron chi connectivity index (χ0n) is 14.4. The summed E-state index contributed by atoms with van der Waals surface area (Å²) in [5.74, 6) is 0.634. The first-order chi connectivity index (χ1) is 12.1. The average Bonchev–Trinajstić information content (AvgIpc) is 2.61. The van der Waals surface area contributed by atoms with E-state index in [1.807, 2.05) is 31.2 Å². The predicted octanol–water partition coefficient (Wildman–Crippen LogP) is 4.16. The van der Waals surface area contributed by atoms with Gasteiger partial charge in [-0.25, -0.2) is 4.99 Å². The first-order valence-electron chi connectivity index (χ1n) is 8.09. The summed E-state index contributed by atoms with van der Waals surface area (Å²) in [6.07, 6.45) is 0.826. The molecule has 0 aromatic heterocycles. The van der Waals surface area contributed by atoms with Crippen LogP contribution in [0.5, 0.6) is 0 Å². The summed E-state index contributed by atoms with van der Waals surface area (Å²) < 4.78 is 0. The third kappa shape index (κ3) is 7.17. The molecule has 0 saturated heterocycles. The van der Waals surface area contributed by atoms with Gasteiger partial charge in [0.05, 0.1) is 17.0 Å². The molecule has 0 unspecified atom stereocenters. The van der Waals surface area contributed by atoms with Crippen molar-refractivity contribution in [3.8, 4) is 0 Å². The molecule has 0 amide bonds. The quantitative estimate of drug-likeness (QED) is 0.202. The van der Waals surface area contributed by atoms with Gasteiger partial charge in [-0.2, -0.15) is 0 Å². The highest BCUT2D eigenvalue weighted by Gasteiger charge is 2.11. The van der Waals surface area contributed by atoms with Crippen molar-refractivity contribution in [3.05, 3.63) is 74.8 Å². The van der Waals surface area contributed by atoms with Crippen LogP contribution >= 0.6 is 35.6 Å². The molecule has 0 radical (unpaired) electrons. The maximum atomic E-state index is 11.1. The number of nitrogens with zero attached hydrogens (tertiary/aromatic N) is 2. The van der Waals surface area contributed by atoms with Crippen molar-refractivity contribution in [2.75, 3.05) is 13.1 Å². The van der Waals surface area contributed by atoms with E-state index >= 15 is 0 Å². The number of nitro benzene ring substituents is 1. The Morgan fingerprint density at radius 1 is 1.15 bits per heavy atom. The van der Waals surface area contributed by atoms with Crippen molar-refractivity contribution in [1.82, 2.24) is 10.6 Å². The number of aliphatic imine (C=N–C) groups is 1.